The fraction of sp³-hybridized carbons (Fsp3) is 0.529. The Bertz CT molecular complexity index is 728. The third-order valence-electron chi connectivity index (χ3n) is 3.60. The molecule has 0 spiro atoms. The van der Waals surface area contributed by atoms with Gasteiger partial charge >= 0.3 is 0 Å². The molecule has 0 atom stereocenters. The van der Waals surface area contributed by atoms with E-state index in [4.69, 9.17) is 0 Å². The second-order valence-electron chi connectivity index (χ2n) is 5.57. The van der Waals surface area contributed by atoms with Gasteiger partial charge in [0.15, 0.2) is 4.80 Å². The molecule has 5 heteroatoms. The number of unbranched alkanes of at least 4 members (excludes halogenated alkanes) is 1. The molecule has 1 heterocycles. The van der Waals surface area contributed by atoms with E-state index in [1.165, 1.54) is 21.3 Å². The minimum absolute atomic E-state index is 0.000632. The van der Waals surface area contributed by atoms with E-state index in [9.17, 15) is 4.79 Å². The highest BCUT2D eigenvalue weighted by Crippen LogP contribution is 2.23. The number of aryl methyl sites for hydroxylation is 3. The molecule has 0 radical (unpaired) electrons. The fourth-order valence-electron chi connectivity index (χ4n) is 2.49. The Hall–Kier alpha value is -1.07. The number of hydrogen-bond donors (Lipinski definition) is 0. The van der Waals surface area contributed by atoms with Gasteiger partial charge in [-0.1, -0.05) is 30.7 Å². The monoisotopic (exact) mass is 336 g/mol. The van der Waals surface area contributed by atoms with Crippen molar-refractivity contribution >= 4 is 39.2 Å². The maximum atomic E-state index is 12.0. The average molecular weight is 337 g/mol. The predicted molar refractivity (Wildman–Crippen MR) is 97.8 cm³/mol. The first-order valence-corrected chi connectivity index (χ1v) is 9.95. The van der Waals surface area contributed by atoms with E-state index in [1.807, 2.05) is 11.8 Å². The number of nitrogens with zero attached hydrogens (tertiary/aromatic N) is 2. The van der Waals surface area contributed by atoms with Crippen LogP contribution in [0.1, 0.15) is 37.3 Å². The molecular formula is C17H24N2OS2. The number of aromatic nitrogens is 1. The van der Waals surface area contributed by atoms with Crippen molar-refractivity contribution in [2.75, 3.05) is 12.0 Å². The number of carbonyl (C=O) groups is 1. The van der Waals surface area contributed by atoms with Crippen molar-refractivity contribution < 1.29 is 4.79 Å². The molecule has 120 valence electrons. The normalized spacial score (nSPS) is 12.3. The number of hydrogen-bond acceptors (Lipinski definition) is 3. The van der Waals surface area contributed by atoms with Crippen molar-refractivity contribution in [1.82, 2.24) is 4.57 Å². The third kappa shape index (κ3) is 4.02. The van der Waals surface area contributed by atoms with Crippen LogP contribution in [0, 0.1) is 13.8 Å². The summed E-state index contributed by atoms with van der Waals surface area (Å²) < 4.78 is 3.45. The average Bonchev–Trinajstić information content (AvgIpc) is 2.80. The fourth-order valence-corrected chi connectivity index (χ4v) is 3.98. The van der Waals surface area contributed by atoms with Crippen LogP contribution in [0.5, 0.6) is 0 Å². The van der Waals surface area contributed by atoms with Gasteiger partial charge in [-0.05, 0) is 43.7 Å². The standard InChI is InChI=1S/C17H24N2OS2/c1-5-6-7-15(20)18-17-19(8-9-21-4)14-11-12(2)10-13(3)16(14)22-17/h10-11H,5-9H2,1-4H3. The zero-order valence-electron chi connectivity index (χ0n) is 13.8. The number of benzene rings is 1. The van der Waals surface area contributed by atoms with Crippen LogP contribution in [0.25, 0.3) is 10.2 Å². The number of carbonyl (C=O) groups excluding carboxylic acids is 1. The highest BCUT2D eigenvalue weighted by Gasteiger charge is 2.10. The molecule has 2 rings (SSSR count). The third-order valence-corrected chi connectivity index (χ3v) is 5.42. The number of rotatable bonds is 6. The van der Waals surface area contributed by atoms with Crippen LogP contribution in [0.4, 0.5) is 0 Å². The molecule has 3 nitrogen and oxygen atoms in total. The molecular weight excluding hydrogens is 312 g/mol. The van der Waals surface area contributed by atoms with Crippen molar-refractivity contribution in [2.45, 2.75) is 46.6 Å². The SMILES string of the molecule is CCCCC(=O)N=c1sc2c(C)cc(C)cc2n1CCSC. The van der Waals surface area contributed by atoms with Crippen molar-refractivity contribution in [3.8, 4) is 0 Å². The van der Waals surface area contributed by atoms with Gasteiger partial charge in [-0.2, -0.15) is 16.8 Å². The van der Waals surface area contributed by atoms with Crippen molar-refractivity contribution in [3.05, 3.63) is 28.1 Å². The first-order valence-electron chi connectivity index (χ1n) is 7.74. The maximum Gasteiger partial charge on any atom is 0.248 e. The molecule has 1 aromatic heterocycles. The Morgan fingerprint density at radius 3 is 2.82 bits per heavy atom. The summed E-state index contributed by atoms with van der Waals surface area (Å²) in [5.74, 6) is 1.02. The lowest BCUT2D eigenvalue weighted by molar-refractivity contribution is -0.118. The highest BCUT2D eigenvalue weighted by atomic mass is 32.2. The van der Waals surface area contributed by atoms with Gasteiger partial charge in [0.1, 0.15) is 0 Å². The number of amides is 1. The maximum absolute atomic E-state index is 12.0. The summed E-state index contributed by atoms with van der Waals surface area (Å²) in [5, 5.41) is 0. The van der Waals surface area contributed by atoms with Crippen molar-refractivity contribution in [2.24, 2.45) is 4.99 Å². The summed E-state index contributed by atoms with van der Waals surface area (Å²) in [6.45, 7) is 7.24. The minimum atomic E-state index is 0.000632. The van der Waals surface area contributed by atoms with Gasteiger partial charge in [0.2, 0.25) is 5.91 Å². The quantitative estimate of drug-likeness (QED) is 0.788. The molecule has 22 heavy (non-hydrogen) atoms. The van der Waals surface area contributed by atoms with Crippen LogP contribution in [-0.2, 0) is 11.3 Å². The zero-order chi connectivity index (χ0) is 16.1. The van der Waals surface area contributed by atoms with E-state index in [2.05, 4.69) is 48.7 Å². The van der Waals surface area contributed by atoms with Gasteiger partial charge in [-0.3, -0.25) is 4.79 Å². The topological polar surface area (TPSA) is 34.4 Å². The lowest BCUT2D eigenvalue weighted by Crippen LogP contribution is -2.18. The zero-order valence-corrected chi connectivity index (χ0v) is 15.4. The molecule has 0 N–H and O–H groups in total. The van der Waals surface area contributed by atoms with Gasteiger partial charge in [0.05, 0.1) is 10.2 Å². The Morgan fingerprint density at radius 2 is 2.14 bits per heavy atom. The van der Waals surface area contributed by atoms with Crippen LogP contribution in [0.3, 0.4) is 0 Å². The van der Waals surface area contributed by atoms with E-state index in [1.54, 1.807) is 11.3 Å². The van der Waals surface area contributed by atoms with Crippen LogP contribution >= 0.6 is 23.1 Å². The molecule has 0 aliphatic rings. The van der Waals surface area contributed by atoms with E-state index >= 15 is 0 Å². The van der Waals surface area contributed by atoms with E-state index in [0.717, 1.165) is 29.9 Å². The Morgan fingerprint density at radius 1 is 1.36 bits per heavy atom. The molecule has 1 aromatic carbocycles. The second-order valence-corrected chi connectivity index (χ2v) is 7.53. The van der Waals surface area contributed by atoms with Crippen molar-refractivity contribution in [3.63, 3.8) is 0 Å². The number of thiazole rings is 1. The second kappa shape index (κ2) is 7.97. The first kappa shape index (κ1) is 17.3. The van der Waals surface area contributed by atoms with Gasteiger partial charge in [-0.15, -0.1) is 0 Å². The summed E-state index contributed by atoms with van der Waals surface area (Å²) in [7, 11) is 0. The Kier molecular flexibility index (Phi) is 6.26. The van der Waals surface area contributed by atoms with E-state index in [-0.39, 0.29) is 5.91 Å². The van der Waals surface area contributed by atoms with Crippen LogP contribution in [0.15, 0.2) is 17.1 Å². The summed E-state index contributed by atoms with van der Waals surface area (Å²) in [4.78, 5) is 17.3. The summed E-state index contributed by atoms with van der Waals surface area (Å²) in [5.41, 5.74) is 3.73. The van der Waals surface area contributed by atoms with Crippen LogP contribution in [0.2, 0.25) is 0 Å². The lowest BCUT2D eigenvalue weighted by Gasteiger charge is -2.05. The lowest BCUT2D eigenvalue weighted by atomic mass is 10.1. The first-order chi connectivity index (χ1) is 10.6. The molecule has 0 fully saturated rings. The largest absolute Gasteiger partial charge is 0.315 e. The van der Waals surface area contributed by atoms with Crippen LogP contribution < -0.4 is 4.80 Å². The highest BCUT2D eigenvalue weighted by molar-refractivity contribution is 7.98. The van der Waals surface area contributed by atoms with Gasteiger partial charge in [0.25, 0.3) is 0 Å². The van der Waals surface area contributed by atoms with E-state index < -0.39 is 0 Å². The summed E-state index contributed by atoms with van der Waals surface area (Å²) >= 11 is 3.45. The Balaban J connectivity index is 2.54. The number of thioether (sulfide) groups is 1. The van der Waals surface area contributed by atoms with Crippen LogP contribution in [-0.4, -0.2) is 22.5 Å². The predicted octanol–water partition coefficient (Wildman–Crippen LogP) is 4.30. The molecule has 0 unspecified atom stereocenters. The van der Waals surface area contributed by atoms with Gasteiger partial charge in [-0.25, -0.2) is 0 Å². The molecule has 0 saturated carbocycles. The van der Waals surface area contributed by atoms with E-state index in [0.29, 0.717) is 6.42 Å². The minimum Gasteiger partial charge on any atom is -0.315 e. The Labute approximate surface area is 140 Å². The summed E-state index contributed by atoms with van der Waals surface area (Å²) in [6, 6.07) is 4.40. The van der Waals surface area contributed by atoms with Crippen molar-refractivity contribution in [1.29, 1.82) is 0 Å². The molecule has 1 amide bonds. The molecule has 0 bridgehead atoms. The molecule has 2 aromatic rings. The van der Waals surface area contributed by atoms with Gasteiger partial charge < -0.3 is 4.57 Å². The molecule has 0 aliphatic heterocycles. The molecule has 0 aliphatic carbocycles. The smallest absolute Gasteiger partial charge is 0.248 e. The number of fused-ring (bicyclic) bond motifs is 1. The summed E-state index contributed by atoms with van der Waals surface area (Å²) in [6.07, 6.45) is 4.59. The van der Waals surface area contributed by atoms with Gasteiger partial charge in [0, 0.05) is 18.7 Å². The molecule has 0 saturated heterocycles.